The summed E-state index contributed by atoms with van der Waals surface area (Å²) in [7, 11) is 1.25. The molecule has 0 saturated carbocycles. The first-order valence-corrected chi connectivity index (χ1v) is 13.8. The van der Waals surface area contributed by atoms with Crippen LogP contribution < -0.4 is 10.7 Å². The van der Waals surface area contributed by atoms with Gasteiger partial charge in [-0.2, -0.15) is 0 Å². The van der Waals surface area contributed by atoms with Crippen molar-refractivity contribution >= 4 is 33.7 Å². The predicted molar refractivity (Wildman–Crippen MR) is 161 cm³/mol. The lowest BCUT2D eigenvalue weighted by molar-refractivity contribution is -0.142. The van der Waals surface area contributed by atoms with Gasteiger partial charge in [-0.1, -0.05) is 44.2 Å². The number of aromatic hydroxyl groups is 3. The number of hydrogen-bond acceptors (Lipinski definition) is 8. The van der Waals surface area contributed by atoms with Gasteiger partial charge in [0.05, 0.1) is 12.7 Å². The number of carbonyl (C=O) groups excluding carboxylic acids is 2. The molecule has 0 bridgehead atoms. The molecular weight excluding hydrogens is 552 g/mol. The maximum Gasteiger partial charge on any atom is 0.328 e. The van der Waals surface area contributed by atoms with Crippen molar-refractivity contribution in [3.8, 4) is 28.4 Å². The van der Waals surface area contributed by atoms with E-state index in [9.17, 15) is 29.7 Å². The Kier molecular flexibility index (Phi) is 7.86. The van der Waals surface area contributed by atoms with Gasteiger partial charge in [-0.25, -0.2) is 4.79 Å². The minimum Gasteiger partial charge on any atom is -0.504 e. The lowest BCUT2D eigenvalue weighted by Gasteiger charge is -2.16. The summed E-state index contributed by atoms with van der Waals surface area (Å²) in [6.45, 7) is 5.39. The molecule has 0 radical (unpaired) electrons. The van der Waals surface area contributed by atoms with Crippen LogP contribution >= 0.6 is 0 Å². The molecule has 10 heteroatoms. The summed E-state index contributed by atoms with van der Waals surface area (Å²) in [5.41, 5.74) is 2.07. The number of ether oxygens (including phenoxy) is 1. The van der Waals surface area contributed by atoms with E-state index < -0.39 is 40.6 Å². The second-order valence-corrected chi connectivity index (χ2v) is 10.9. The van der Waals surface area contributed by atoms with Crippen LogP contribution in [0.25, 0.3) is 33.0 Å². The quantitative estimate of drug-likeness (QED) is 0.125. The fourth-order valence-electron chi connectivity index (χ4n) is 5.31. The molecule has 5 aromatic rings. The number of nitrogens with one attached hydrogen (secondary N) is 2. The van der Waals surface area contributed by atoms with E-state index in [0.29, 0.717) is 12.0 Å². The molecule has 0 spiro atoms. The summed E-state index contributed by atoms with van der Waals surface area (Å²) >= 11 is 0. The lowest BCUT2D eigenvalue weighted by Crippen LogP contribution is -2.43. The van der Waals surface area contributed by atoms with Crippen LogP contribution in [0.5, 0.6) is 17.2 Å². The topological polar surface area (TPSA) is 162 Å². The second kappa shape index (κ2) is 11.6. The number of hydrogen-bond donors (Lipinski definition) is 5. The molecule has 0 unspecified atom stereocenters. The summed E-state index contributed by atoms with van der Waals surface area (Å²) in [5.74, 6) is -2.91. The van der Waals surface area contributed by atoms with E-state index in [2.05, 4.69) is 10.3 Å². The monoisotopic (exact) mass is 584 g/mol. The van der Waals surface area contributed by atoms with E-state index in [-0.39, 0.29) is 45.8 Å². The fourth-order valence-corrected chi connectivity index (χ4v) is 5.31. The highest BCUT2D eigenvalue weighted by Gasteiger charge is 2.27. The van der Waals surface area contributed by atoms with Crippen LogP contribution in [0, 0.1) is 12.8 Å². The summed E-state index contributed by atoms with van der Waals surface area (Å²) < 4.78 is 10.9. The average Bonchev–Trinajstić information content (AvgIpc) is 3.40. The van der Waals surface area contributed by atoms with Crippen molar-refractivity contribution < 1.29 is 34.1 Å². The molecule has 222 valence electrons. The highest BCUT2D eigenvalue weighted by molar-refractivity contribution is 5.98. The van der Waals surface area contributed by atoms with Gasteiger partial charge in [0.2, 0.25) is 11.2 Å². The Morgan fingerprint density at radius 1 is 0.977 bits per heavy atom. The number of esters is 1. The van der Waals surface area contributed by atoms with Crippen LogP contribution in [0.3, 0.4) is 0 Å². The molecule has 43 heavy (non-hydrogen) atoms. The van der Waals surface area contributed by atoms with Crippen molar-refractivity contribution in [3.63, 3.8) is 0 Å². The number of fused-ring (bicyclic) bond motifs is 2. The minimum atomic E-state index is -0.952. The Bertz CT molecular complexity index is 1890. The van der Waals surface area contributed by atoms with Crippen LogP contribution in [-0.2, 0) is 22.4 Å². The molecule has 5 rings (SSSR count). The van der Waals surface area contributed by atoms with Gasteiger partial charge in [-0.3, -0.25) is 9.59 Å². The standard InChI is InChI=1S/C33H32N2O8/c1-16(2)13-22-27(36)30(39)29(38)26-28(37)25(17(3)43-31(22)26)18-9-11-19(12-10-18)32(40)35-24(33(41)42-4)15-21-14-20-7-5-6-8-23(20)34-21/h5-12,14,16,24,34,36,38-39H,13,15H2,1-4H3,(H,35,40)/t24-/m0/s1. The Morgan fingerprint density at radius 3 is 2.33 bits per heavy atom. The van der Waals surface area contributed by atoms with Gasteiger partial charge in [0, 0.05) is 28.8 Å². The average molecular weight is 585 g/mol. The van der Waals surface area contributed by atoms with E-state index in [1.54, 1.807) is 19.1 Å². The summed E-state index contributed by atoms with van der Waals surface area (Å²) in [4.78, 5) is 42.5. The molecule has 10 nitrogen and oxygen atoms in total. The Balaban J connectivity index is 1.45. The van der Waals surface area contributed by atoms with Gasteiger partial charge in [-0.15, -0.1) is 0 Å². The van der Waals surface area contributed by atoms with E-state index >= 15 is 0 Å². The Labute approximate surface area is 246 Å². The van der Waals surface area contributed by atoms with Crippen LogP contribution in [0.2, 0.25) is 0 Å². The second-order valence-electron chi connectivity index (χ2n) is 10.9. The molecule has 0 aliphatic carbocycles. The number of phenolic OH excluding ortho intramolecular Hbond substituents is 3. The number of amides is 1. The van der Waals surface area contributed by atoms with Crippen LogP contribution in [0.15, 0.2) is 63.8 Å². The zero-order chi connectivity index (χ0) is 31.0. The Hall–Kier alpha value is -5.25. The number of aryl methyl sites for hydroxylation is 1. The van der Waals surface area contributed by atoms with Crippen LogP contribution in [0.1, 0.15) is 41.2 Å². The SMILES string of the molecule is COC(=O)[C@H](Cc1cc2ccccc2[nH]1)NC(=O)c1ccc(-c2c(C)oc3c(CC(C)C)c(O)c(O)c(O)c3c2=O)cc1. The number of rotatable bonds is 8. The van der Waals surface area contributed by atoms with Crippen molar-refractivity contribution in [1.82, 2.24) is 10.3 Å². The first-order chi connectivity index (χ1) is 20.5. The number of H-pyrrole nitrogens is 1. The number of benzene rings is 3. The van der Waals surface area contributed by atoms with Crippen LogP contribution in [-0.4, -0.2) is 45.3 Å². The highest BCUT2D eigenvalue weighted by Crippen LogP contribution is 2.45. The van der Waals surface area contributed by atoms with Crippen molar-refractivity contribution in [3.05, 3.63) is 87.4 Å². The number of aromatic nitrogens is 1. The van der Waals surface area contributed by atoms with Gasteiger partial charge in [0.1, 0.15) is 22.8 Å². The number of phenols is 3. The third-order valence-electron chi connectivity index (χ3n) is 7.38. The maximum atomic E-state index is 13.6. The lowest BCUT2D eigenvalue weighted by atomic mass is 9.95. The van der Waals surface area contributed by atoms with Crippen LogP contribution in [0.4, 0.5) is 0 Å². The summed E-state index contributed by atoms with van der Waals surface area (Å²) in [5, 5.41) is 34.9. The molecule has 2 heterocycles. The molecule has 3 aromatic carbocycles. The van der Waals surface area contributed by atoms with Crippen molar-refractivity contribution in [2.45, 2.75) is 39.7 Å². The molecule has 0 saturated heterocycles. The maximum absolute atomic E-state index is 13.6. The van der Waals surface area contributed by atoms with Crippen molar-refractivity contribution in [1.29, 1.82) is 0 Å². The van der Waals surface area contributed by atoms with E-state index in [1.807, 2.05) is 44.2 Å². The number of methoxy groups -OCH3 is 1. The van der Waals surface area contributed by atoms with E-state index in [4.69, 9.17) is 9.15 Å². The number of aromatic amines is 1. The summed E-state index contributed by atoms with van der Waals surface area (Å²) in [6.07, 6.45) is 0.488. The van der Waals surface area contributed by atoms with Gasteiger partial charge in [-0.05, 0) is 54.5 Å². The fraction of sp³-hybridized carbons (Fsp3) is 0.242. The normalized spacial score (nSPS) is 12.1. The third-order valence-corrected chi connectivity index (χ3v) is 7.38. The third kappa shape index (κ3) is 5.51. The highest BCUT2D eigenvalue weighted by atomic mass is 16.5. The van der Waals surface area contributed by atoms with Gasteiger partial charge < -0.3 is 34.8 Å². The minimum absolute atomic E-state index is 0.00700. The predicted octanol–water partition coefficient (Wildman–Crippen LogP) is 5.08. The van der Waals surface area contributed by atoms with E-state index in [1.165, 1.54) is 19.2 Å². The molecule has 2 aromatic heterocycles. The largest absolute Gasteiger partial charge is 0.504 e. The molecule has 5 N–H and O–H groups in total. The molecule has 0 aliphatic heterocycles. The molecule has 1 amide bonds. The molecule has 0 aliphatic rings. The van der Waals surface area contributed by atoms with Crippen molar-refractivity contribution in [2.75, 3.05) is 7.11 Å². The smallest absolute Gasteiger partial charge is 0.328 e. The van der Waals surface area contributed by atoms with Gasteiger partial charge in [0.15, 0.2) is 11.5 Å². The molecule has 0 fully saturated rings. The first-order valence-electron chi connectivity index (χ1n) is 13.8. The Morgan fingerprint density at radius 2 is 1.67 bits per heavy atom. The number of carbonyl (C=O) groups is 2. The zero-order valence-corrected chi connectivity index (χ0v) is 24.1. The van der Waals surface area contributed by atoms with Crippen molar-refractivity contribution in [2.24, 2.45) is 5.92 Å². The summed E-state index contributed by atoms with van der Waals surface area (Å²) in [6, 6.07) is 14.7. The number of para-hydroxylation sites is 1. The van der Waals surface area contributed by atoms with E-state index in [0.717, 1.165) is 16.6 Å². The van der Waals surface area contributed by atoms with Gasteiger partial charge >= 0.3 is 5.97 Å². The zero-order valence-electron chi connectivity index (χ0n) is 24.1. The molecule has 1 atom stereocenters. The van der Waals surface area contributed by atoms with Gasteiger partial charge in [0.25, 0.3) is 5.91 Å². The first kappa shape index (κ1) is 29.2. The molecular formula is C33H32N2O8.